The SMILES string of the molecule is Cc1c(-c2cc(F)cc(F)c2)nc(C2CC2)[nH]c1=O. The van der Waals surface area contributed by atoms with E-state index in [1.807, 2.05) is 0 Å². The van der Waals surface area contributed by atoms with E-state index in [1.165, 1.54) is 12.1 Å². The van der Waals surface area contributed by atoms with Crippen molar-refractivity contribution < 1.29 is 8.78 Å². The number of aromatic nitrogens is 2. The Bertz CT molecular complexity index is 685. The van der Waals surface area contributed by atoms with Gasteiger partial charge in [-0.25, -0.2) is 13.8 Å². The normalized spacial score (nSPS) is 14.7. The molecule has 1 saturated carbocycles. The summed E-state index contributed by atoms with van der Waals surface area (Å²) >= 11 is 0. The number of halogens is 2. The Morgan fingerprint density at radius 3 is 2.42 bits per heavy atom. The highest BCUT2D eigenvalue weighted by Gasteiger charge is 2.27. The average Bonchev–Trinajstić information content (AvgIpc) is 3.15. The molecule has 98 valence electrons. The van der Waals surface area contributed by atoms with Gasteiger partial charge in [-0.3, -0.25) is 4.79 Å². The molecule has 3 rings (SSSR count). The molecule has 19 heavy (non-hydrogen) atoms. The van der Waals surface area contributed by atoms with Gasteiger partial charge < -0.3 is 4.98 Å². The molecule has 3 nitrogen and oxygen atoms in total. The lowest BCUT2D eigenvalue weighted by Crippen LogP contribution is -2.15. The third-order valence-corrected chi connectivity index (χ3v) is 3.27. The van der Waals surface area contributed by atoms with Gasteiger partial charge in [0, 0.05) is 23.1 Å². The van der Waals surface area contributed by atoms with Crippen molar-refractivity contribution in [2.24, 2.45) is 0 Å². The van der Waals surface area contributed by atoms with Crippen molar-refractivity contribution in [2.45, 2.75) is 25.7 Å². The molecule has 2 aromatic rings. The van der Waals surface area contributed by atoms with Gasteiger partial charge >= 0.3 is 0 Å². The molecule has 0 amide bonds. The second-order valence-corrected chi connectivity index (χ2v) is 4.86. The van der Waals surface area contributed by atoms with Crippen molar-refractivity contribution in [2.75, 3.05) is 0 Å². The van der Waals surface area contributed by atoms with E-state index in [4.69, 9.17) is 0 Å². The van der Waals surface area contributed by atoms with Crippen LogP contribution in [-0.2, 0) is 0 Å². The summed E-state index contributed by atoms with van der Waals surface area (Å²) in [6, 6.07) is 3.18. The maximum atomic E-state index is 13.3. The predicted molar refractivity (Wildman–Crippen MR) is 66.9 cm³/mol. The summed E-state index contributed by atoms with van der Waals surface area (Å²) in [5, 5.41) is 0. The summed E-state index contributed by atoms with van der Waals surface area (Å²) in [5.41, 5.74) is 0.762. The smallest absolute Gasteiger partial charge is 0.254 e. The van der Waals surface area contributed by atoms with Crippen molar-refractivity contribution in [3.8, 4) is 11.3 Å². The van der Waals surface area contributed by atoms with Crippen molar-refractivity contribution in [3.05, 3.63) is 51.6 Å². The Morgan fingerprint density at radius 1 is 1.21 bits per heavy atom. The third kappa shape index (κ3) is 2.28. The van der Waals surface area contributed by atoms with E-state index in [0.717, 1.165) is 18.9 Å². The zero-order chi connectivity index (χ0) is 13.6. The fraction of sp³-hybridized carbons (Fsp3) is 0.286. The largest absolute Gasteiger partial charge is 0.310 e. The van der Waals surface area contributed by atoms with Gasteiger partial charge in [-0.2, -0.15) is 0 Å². The van der Waals surface area contributed by atoms with Crippen LogP contribution < -0.4 is 5.56 Å². The van der Waals surface area contributed by atoms with Crippen LogP contribution in [-0.4, -0.2) is 9.97 Å². The number of aromatic amines is 1. The van der Waals surface area contributed by atoms with Crippen molar-refractivity contribution >= 4 is 0 Å². The Morgan fingerprint density at radius 2 is 1.84 bits per heavy atom. The Hall–Kier alpha value is -2.04. The first-order valence-corrected chi connectivity index (χ1v) is 6.12. The van der Waals surface area contributed by atoms with Crippen LogP contribution in [0.1, 0.15) is 30.1 Å². The molecule has 1 aromatic carbocycles. The van der Waals surface area contributed by atoms with Gasteiger partial charge in [0.15, 0.2) is 0 Å². The minimum absolute atomic E-state index is 0.253. The minimum Gasteiger partial charge on any atom is -0.310 e. The van der Waals surface area contributed by atoms with Gasteiger partial charge in [0.2, 0.25) is 0 Å². The molecule has 0 unspecified atom stereocenters. The zero-order valence-corrected chi connectivity index (χ0v) is 10.3. The van der Waals surface area contributed by atoms with E-state index >= 15 is 0 Å². The summed E-state index contributed by atoms with van der Waals surface area (Å²) in [4.78, 5) is 18.9. The zero-order valence-electron chi connectivity index (χ0n) is 10.3. The van der Waals surface area contributed by atoms with E-state index < -0.39 is 11.6 Å². The Labute approximate surface area is 108 Å². The number of hydrogen-bond donors (Lipinski definition) is 1. The molecule has 0 atom stereocenters. The summed E-state index contributed by atoms with van der Waals surface area (Å²) in [6.45, 7) is 1.60. The average molecular weight is 262 g/mol. The van der Waals surface area contributed by atoms with Crippen molar-refractivity contribution in [3.63, 3.8) is 0 Å². The van der Waals surface area contributed by atoms with E-state index in [9.17, 15) is 13.6 Å². The second-order valence-electron chi connectivity index (χ2n) is 4.86. The van der Waals surface area contributed by atoms with Gasteiger partial charge in [-0.05, 0) is 31.9 Å². The molecule has 1 aromatic heterocycles. The molecule has 0 aliphatic heterocycles. The fourth-order valence-electron chi connectivity index (χ4n) is 2.07. The highest BCUT2D eigenvalue weighted by atomic mass is 19.1. The Balaban J connectivity index is 2.20. The second kappa shape index (κ2) is 4.26. The highest BCUT2D eigenvalue weighted by molar-refractivity contribution is 5.62. The topological polar surface area (TPSA) is 45.8 Å². The molecule has 0 saturated heterocycles. The van der Waals surface area contributed by atoms with Crippen LogP contribution in [0.3, 0.4) is 0 Å². The lowest BCUT2D eigenvalue weighted by Gasteiger charge is -2.07. The van der Waals surface area contributed by atoms with Gasteiger partial charge in [0.05, 0.1) is 5.69 Å². The molecule has 1 aliphatic rings. The lowest BCUT2D eigenvalue weighted by atomic mass is 10.1. The summed E-state index contributed by atoms with van der Waals surface area (Å²) in [5.74, 6) is -0.477. The maximum absolute atomic E-state index is 13.3. The number of hydrogen-bond acceptors (Lipinski definition) is 2. The van der Waals surface area contributed by atoms with Crippen LogP contribution in [0.5, 0.6) is 0 Å². The first kappa shape index (κ1) is 12.0. The van der Waals surface area contributed by atoms with Gasteiger partial charge in [0.25, 0.3) is 5.56 Å². The van der Waals surface area contributed by atoms with Gasteiger partial charge in [0.1, 0.15) is 17.5 Å². The molecule has 5 heteroatoms. The van der Waals surface area contributed by atoms with Crippen LogP contribution in [0.15, 0.2) is 23.0 Å². The quantitative estimate of drug-likeness (QED) is 0.904. The standard InChI is InChI=1S/C14H12F2N2O/c1-7-12(9-4-10(15)6-11(16)5-9)17-13(8-2-3-8)18-14(7)19/h4-6,8H,2-3H2,1H3,(H,17,18,19). The van der Waals surface area contributed by atoms with Gasteiger partial charge in [-0.15, -0.1) is 0 Å². The van der Waals surface area contributed by atoms with Crippen LogP contribution in [0.25, 0.3) is 11.3 Å². The number of rotatable bonds is 2. The molecule has 0 bridgehead atoms. The van der Waals surface area contributed by atoms with Crippen molar-refractivity contribution in [1.29, 1.82) is 0 Å². The molecule has 0 spiro atoms. The molecular weight excluding hydrogens is 250 g/mol. The molecule has 0 radical (unpaired) electrons. The third-order valence-electron chi connectivity index (χ3n) is 3.27. The van der Waals surface area contributed by atoms with Crippen LogP contribution in [0.2, 0.25) is 0 Å². The maximum Gasteiger partial charge on any atom is 0.254 e. The summed E-state index contributed by atoms with van der Waals surface area (Å²) in [6.07, 6.45) is 1.98. The van der Waals surface area contributed by atoms with E-state index in [2.05, 4.69) is 9.97 Å². The predicted octanol–water partition coefficient (Wildman–Crippen LogP) is 2.90. The molecule has 1 fully saturated rings. The van der Waals surface area contributed by atoms with E-state index in [0.29, 0.717) is 22.6 Å². The van der Waals surface area contributed by atoms with Crippen LogP contribution >= 0.6 is 0 Å². The number of H-pyrrole nitrogens is 1. The molecule has 1 N–H and O–H groups in total. The fourth-order valence-corrected chi connectivity index (χ4v) is 2.07. The lowest BCUT2D eigenvalue weighted by molar-refractivity contribution is 0.584. The first-order chi connectivity index (χ1) is 9.04. The number of nitrogens with zero attached hydrogens (tertiary/aromatic N) is 1. The summed E-state index contributed by atoms with van der Waals surface area (Å²) in [7, 11) is 0. The molecule has 1 aliphatic carbocycles. The first-order valence-electron chi connectivity index (χ1n) is 6.12. The van der Waals surface area contributed by atoms with Crippen LogP contribution in [0, 0.1) is 18.6 Å². The van der Waals surface area contributed by atoms with Crippen molar-refractivity contribution in [1.82, 2.24) is 9.97 Å². The van der Waals surface area contributed by atoms with E-state index in [-0.39, 0.29) is 11.5 Å². The number of nitrogens with one attached hydrogen (secondary N) is 1. The molecule has 1 heterocycles. The van der Waals surface area contributed by atoms with Gasteiger partial charge in [-0.1, -0.05) is 0 Å². The van der Waals surface area contributed by atoms with E-state index in [1.54, 1.807) is 6.92 Å². The Kier molecular flexibility index (Phi) is 2.69. The minimum atomic E-state index is -0.676. The highest BCUT2D eigenvalue weighted by Crippen LogP contribution is 2.38. The van der Waals surface area contributed by atoms with Crippen LogP contribution in [0.4, 0.5) is 8.78 Å². The molecular formula is C14H12F2N2O. The summed E-state index contributed by atoms with van der Waals surface area (Å²) < 4.78 is 26.5. The monoisotopic (exact) mass is 262 g/mol. The number of benzene rings is 1.